The standard InChI is InChI=1S/C21H25F3N4O/c22-21(23,24)17-7-5-6-15(14-17)10-11-16-12-13-19(29)18(16)8-3-1-2-4-9-20-25-27-28-26-20/h5-7,10-11,14,16,18H,1-4,8-9,12-13H2,(H,25,26,27,28)/t16-,18+/m0/s1. The summed E-state index contributed by atoms with van der Waals surface area (Å²) in [6.45, 7) is 0. The van der Waals surface area contributed by atoms with Crippen LogP contribution in [0.5, 0.6) is 0 Å². The Bertz CT molecular complexity index is 818. The van der Waals surface area contributed by atoms with Gasteiger partial charge in [0.05, 0.1) is 5.56 Å². The first kappa shape index (κ1) is 21.2. The first-order valence-corrected chi connectivity index (χ1v) is 10.0. The van der Waals surface area contributed by atoms with Crippen molar-refractivity contribution in [3.8, 4) is 0 Å². The minimum Gasteiger partial charge on any atom is -0.299 e. The zero-order chi connectivity index (χ0) is 20.7. The summed E-state index contributed by atoms with van der Waals surface area (Å²) in [4.78, 5) is 12.2. The molecule has 1 aliphatic carbocycles. The summed E-state index contributed by atoms with van der Waals surface area (Å²) in [5.74, 6) is 1.08. The van der Waals surface area contributed by atoms with Crippen LogP contribution in [0.4, 0.5) is 13.2 Å². The predicted molar refractivity (Wildman–Crippen MR) is 103 cm³/mol. The summed E-state index contributed by atoms with van der Waals surface area (Å²) in [5, 5.41) is 13.8. The molecule has 3 rings (SSSR count). The van der Waals surface area contributed by atoms with Gasteiger partial charge < -0.3 is 0 Å². The van der Waals surface area contributed by atoms with Gasteiger partial charge in [-0.15, -0.1) is 10.2 Å². The van der Waals surface area contributed by atoms with Crippen molar-refractivity contribution in [3.05, 3.63) is 47.3 Å². The number of nitrogens with one attached hydrogen (secondary N) is 1. The molecule has 1 saturated carbocycles. The van der Waals surface area contributed by atoms with Crippen LogP contribution in [-0.2, 0) is 17.4 Å². The number of rotatable bonds is 9. The van der Waals surface area contributed by atoms with Crippen molar-refractivity contribution < 1.29 is 18.0 Å². The Labute approximate surface area is 167 Å². The molecule has 0 spiro atoms. The van der Waals surface area contributed by atoms with Gasteiger partial charge in [-0.25, -0.2) is 0 Å². The van der Waals surface area contributed by atoms with E-state index in [0.717, 1.165) is 62.9 Å². The predicted octanol–water partition coefficient (Wildman–Crippen LogP) is 5.02. The van der Waals surface area contributed by atoms with Gasteiger partial charge in [-0.2, -0.15) is 18.4 Å². The Morgan fingerprint density at radius 3 is 2.76 bits per heavy atom. The van der Waals surface area contributed by atoms with Crippen molar-refractivity contribution in [1.29, 1.82) is 0 Å². The number of carbonyl (C=O) groups excluding carboxylic acids is 1. The number of unbranched alkanes of at least 4 members (excludes halogenated alkanes) is 3. The zero-order valence-corrected chi connectivity index (χ0v) is 16.2. The molecule has 0 unspecified atom stereocenters. The first-order chi connectivity index (χ1) is 13.9. The largest absolute Gasteiger partial charge is 0.416 e. The van der Waals surface area contributed by atoms with Crippen LogP contribution in [0.15, 0.2) is 30.3 Å². The lowest BCUT2D eigenvalue weighted by molar-refractivity contribution is -0.137. The number of benzene rings is 1. The number of nitrogens with zero attached hydrogens (tertiary/aromatic N) is 3. The molecule has 0 aliphatic heterocycles. The van der Waals surface area contributed by atoms with E-state index >= 15 is 0 Å². The van der Waals surface area contributed by atoms with Crippen molar-refractivity contribution in [2.45, 2.75) is 57.5 Å². The van der Waals surface area contributed by atoms with Crippen LogP contribution in [0.2, 0.25) is 0 Å². The minimum absolute atomic E-state index is 0.0192. The van der Waals surface area contributed by atoms with Crippen molar-refractivity contribution in [2.24, 2.45) is 11.8 Å². The molecule has 8 heteroatoms. The molecule has 2 atom stereocenters. The van der Waals surface area contributed by atoms with Crippen molar-refractivity contribution in [3.63, 3.8) is 0 Å². The van der Waals surface area contributed by atoms with Crippen LogP contribution >= 0.6 is 0 Å². The number of aromatic amines is 1. The maximum absolute atomic E-state index is 12.8. The highest BCUT2D eigenvalue weighted by Crippen LogP contribution is 2.35. The van der Waals surface area contributed by atoms with Crippen LogP contribution in [0.25, 0.3) is 6.08 Å². The number of ketones is 1. The Kier molecular flexibility index (Phi) is 7.17. The molecule has 1 heterocycles. The maximum Gasteiger partial charge on any atom is 0.416 e. The second-order valence-corrected chi connectivity index (χ2v) is 7.54. The second-order valence-electron chi connectivity index (χ2n) is 7.54. The fourth-order valence-corrected chi connectivity index (χ4v) is 3.88. The fraction of sp³-hybridized carbons (Fsp3) is 0.524. The number of alkyl halides is 3. The molecule has 2 aromatic rings. The zero-order valence-electron chi connectivity index (χ0n) is 16.2. The Balaban J connectivity index is 1.46. The summed E-state index contributed by atoms with van der Waals surface area (Å²) in [6.07, 6.45) is 6.27. The van der Waals surface area contributed by atoms with Gasteiger partial charge >= 0.3 is 6.18 Å². The molecule has 1 N–H and O–H groups in total. The lowest BCUT2D eigenvalue weighted by Gasteiger charge is -2.15. The molecular formula is C21H25F3N4O. The molecule has 0 radical (unpaired) electrons. The van der Waals surface area contributed by atoms with E-state index in [4.69, 9.17) is 0 Å². The molecule has 29 heavy (non-hydrogen) atoms. The molecule has 0 bridgehead atoms. The van der Waals surface area contributed by atoms with E-state index in [9.17, 15) is 18.0 Å². The summed E-state index contributed by atoms with van der Waals surface area (Å²) in [7, 11) is 0. The van der Waals surface area contributed by atoms with Gasteiger partial charge in [0, 0.05) is 18.8 Å². The topological polar surface area (TPSA) is 71.5 Å². The molecule has 5 nitrogen and oxygen atoms in total. The van der Waals surface area contributed by atoms with Gasteiger partial charge in [-0.05, 0) is 42.9 Å². The number of Topliss-reactive ketones (excluding diaryl/α,β-unsaturated/α-hetero) is 1. The highest BCUT2D eigenvalue weighted by molar-refractivity contribution is 5.83. The van der Waals surface area contributed by atoms with E-state index in [0.29, 0.717) is 12.0 Å². The van der Waals surface area contributed by atoms with Crippen LogP contribution in [0, 0.1) is 11.8 Å². The monoisotopic (exact) mass is 406 g/mol. The van der Waals surface area contributed by atoms with Gasteiger partial charge in [0.1, 0.15) is 5.78 Å². The smallest absolute Gasteiger partial charge is 0.299 e. The average Bonchev–Trinajstić information content (AvgIpc) is 3.33. The van der Waals surface area contributed by atoms with E-state index in [-0.39, 0.29) is 17.6 Å². The number of aromatic nitrogens is 4. The Hall–Kier alpha value is -2.51. The van der Waals surface area contributed by atoms with Gasteiger partial charge in [-0.3, -0.25) is 4.79 Å². The first-order valence-electron chi connectivity index (χ1n) is 10.0. The number of allylic oxidation sites excluding steroid dienone is 1. The van der Waals surface area contributed by atoms with Crippen LogP contribution in [0.3, 0.4) is 0 Å². The minimum atomic E-state index is -4.35. The lowest BCUT2D eigenvalue weighted by Crippen LogP contribution is -2.13. The maximum atomic E-state index is 12.8. The van der Waals surface area contributed by atoms with E-state index in [1.165, 1.54) is 6.07 Å². The number of H-pyrrole nitrogens is 1. The van der Waals surface area contributed by atoms with Crippen LogP contribution in [0.1, 0.15) is 61.9 Å². The number of aryl methyl sites for hydroxylation is 1. The number of halogens is 3. The quantitative estimate of drug-likeness (QED) is 0.594. The third-order valence-corrected chi connectivity index (χ3v) is 5.46. The van der Waals surface area contributed by atoms with Crippen molar-refractivity contribution in [2.75, 3.05) is 0 Å². The summed E-state index contributed by atoms with van der Waals surface area (Å²) < 4.78 is 38.5. The van der Waals surface area contributed by atoms with Crippen LogP contribution < -0.4 is 0 Å². The average molecular weight is 406 g/mol. The van der Waals surface area contributed by atoms with E-state index in [1.54, 1.807) is 12.1 Å². The normalized spacial score (nSPS) is 20.0. The number of tetrazole rings is 1. The van der Waals surface area contributed by atoms with E-state index < -0.39 is 11.7 Å². The van der Waals surface area contributed by atoms with E-state index in [2.05, 4.69) is 20.6 Å². The molecule has 156 valence electrons. The molecule has 1 aliphatic rings. The number of carbonyl (C=O) groups is 1. The third-order valence-electron chi connectivity index (χ3n) is 5.46. The van der Waals surface area contributed by atoms with Crippen LogP contribution in [-0.4, -0.2) is 26.4 Å². The van der Waals surface area contributed by atoms with Crippen molar-refractivity contribution in [1.82, 2.24) is 20.6 Å². The number of hydrogen-bond acceptors (Lipinski definition) is 4. The summed E-state index contributed by atoms with van der Waals surface area (Å²) >= 11 is 0. The second kappa shape index (κ2) is 9.80. The Morgan fingerprint density at radius 2 is 2.00 bits per heavy atom. The fourth-order valence-electron chi connectivity index (χ4n) is 3.88. The van der Waals surface area contributed by atoms with E-state index in [1.807, 2.05) is 6.08 Å². The van der Waals surface area contributed by atoms with Gasteiger partial charge in [0.15, 0.2) is 5.82 Å². The molecule has 1 aromatic carbocycles. The van der Waals surface area contributed by atoms with Gasteiger partial charge in [0.25, 0.3) is 0 Å². The highest BCUT2D eigenvalue weighted by Gasteiger charge is 2.32. The molecule has 1 aromatic heterocycles. The van der Waals surface area contributed by atoms with Crippen molar-refractivity contribution >= 4 is 11.9 Å². The Morgan fingerprint density at radius 1 is 1.17 bits per heavy atom. The molecule has 0 amide bonds. The number of hydrogen-bond donors (Lipinski definition) is 1. The molecular weight excluding hydrogens is 381 g/mol. The summed E-state index contributed by atoms with van der Waals surface area (Å²) in [6, 6.07) is 5.28. The lowest BCUT2D eigenvalue weighted by atomic mass is 9.89. The summed E-state index contributed by atoms with van der Waals surface area (Å²) in [5.41, 5.74) is -0.140. The van der Waals surface area contributed by atoms with Gasteiger partial charge in [0.2, 0.25) is 0 Å². The molecule has 0 saturated heterocycles. The highest BCUT2D eigenvalue weighted by atomic mass is 19.4. The van der Waals surface area contributed by atoms with Gasteiger partial charge in [-0.1, -0.05) is 48.8 Å². The SMILES string of the molecule is O=C1CC[C@H](C=Cc2cccc(C(F)(F)F)c2)[C@H]1CCCCCCc1nn[nH]n1. The third kappa shape index (κ3) is 6.24. The molecule has 1 fully saturated rings.